The van der Waals surface area contributed by atoms with E-state index in [2.05, 4.69) is 56.5 Å². The van der Waals surface area contributed by atoms with Crippen LogP contribution in [0.2, 0.25) is 0 Å². The van der Waals surface area contributed by atoms with Crippen LogP contribution < -0.4 is 5.73 Å². The van der Waals surface area contributed by atoms with Gasteiger partial charge in [0.25, 0.3) is 0 Å². The fourth-order valence-electron chi connectivity index (χ4n) is 2.17. The Morgan fingerprint density at radius 2 is 1.82 bits per heavy atom. The Hall–Kier alpha value is -1.12. The first-order valence-electron chi connectivity index (χ1n) is 5.98. The van der Waals surface area contributed by atoms with Gasteiger partial charge >= 0.3 is 0 Å². The molecule has 0 saturated heterocycles. The Morgan fingerprint density at radius 3 is 2.29 bits per heavy atom. The first kappa shape index (κ1) is 12.3. The third kappa shape index (κ3) is 2.28. The van der Waals surface area contributed by atoms with E-state index >= 15 is 0 Å². The van der Waals surface area contributed by atoms with Crippen molar-refractivity contribution >= 4 is 11.3 Å². The number of hydrogen-bond donors (Lipinski definition) is 1. The Balaban J connectivity index is 2.40. The summed E-state index contributed by atoms with van der Waals surface area (Å²) in [5.74, 6) is 0. The highest BCUT2D eigenvalue weighted by molar-refractivity contribution is 7.10. The van der Waals surface area contributed by atoms with E-state index in [1.165, 1.54) is 21.6 Å². The largest absolute Gasteiger partial charge is 0.318 e. The number of hydrogen-bond acceptors (Lipinski definition) is 2. The van der Waals surface area contributed by atoms with Gasteiger partial charge in [-0.1, -0.05) is 31.2 Å². The average molecular weight is 245 g/mol. The first-order chi connectivity index (χ1) is 8.05. The van der Waals surface area contributed by atoms with Crippen LogP contribution in [0.5, 0.6) is 0 Å². The van der Waals surface area contributed by atoms with Gasteiger partial charge in [-0.2, -0.15) is 0 Å². The lowest BCUT2D eigenvalue weighted by Crippen LogP contribution is -2.34. The Morgan fingerprint density at radius 1 is 1.18 bits per heavy atom. The van der Waals surface area contributed by atoms with Gasteiger partial charge in [0.2, 0.25) is 0 Å². The summed E-state index contributed by atoms with van der Waals surface area (Å²) in [7, 11) is 0. The van der Waals surface area contributed by atoms with Crippen LogP contribution in [-0.2, 0) is 12.0 Å². The number of benzene rings is 1. The van der Waals surface area contributed by atoms with Gasteiger partial charge in [-0.15, -0.1) is 11.3 Å². The fraction of sp³-hybridized carbons (Fsp3) is 0.333. The number of aryl methyl sites for hydroxylation is 2. The predicted molar refractivity (Wildman–Crippen MR) is 75.5 cm³/mol. The second-order valence-corrected chi connectivity index (χ2v) is 5.76. The number of thiophene rings is 1. The SMILES string of the molecule is CCc1ccc(C(C)(N)c2ccsc2C)cc1. The summed E-state index contributed by atoms with van der Waals surface area (Å²) in [5.41, 5.74) is 9.87. The van der Waals surface area contributed by atoms with Gasteiger partial charge in [0.05, 0.1) is 5.54 Å². The third-order valence-corrected chi connectivity index (χ3v) is 4.23. The minimum Gasteiger partial charge on any atom is -0.318 e. The molecular weight excluding hydrogens is 226 g/mol. The zero-order chi connectivity index (χ0) is 12.5. The standard InChI is InChI=1S/C15H19NS/c1-4-12-5-7-13(8-6-12)15(3,16)14-9-10-17-11(14)2/h5-10H,4,16H2,1-3H3. The van der Waals surface area contributed by atoms with E-state index in [-0.39, 0.29) is 0 Å². The molecule has 2 aromatic rings. The lowest BCUT2D eigenvalue weighted by molar-refractivity contribution is 0.602. The molecule has 2 rings (SSSR count). The Labute approximate surface area is 107 Å². The molecule has 1 heterocycles. The lowest BCUT2D eigenvalue weighted by atomic mass is 9.85. The molecule has 1 aromatic heterocycles. The van der Waals surface area contributed by atoms with Crippen LogP contribution in [0.4, 0.5) is 0 Å². The maximum Gasteiger partial charge on any atom is 0.0647 e. The van der Waals surface area contributed by atoms with Gasteiger partial charge in [0.1, 0.15) is 0 Å². The Kier molecular flexibility index (Phi) is 3.36. The van der Waals surface area contributed by atoms with E-state index in [1.54, 1.807) is 11.3 Å². The topological polar surface area (TPSA) is 26.0 Å². The molecule has 2 N–H and O–H groups in total. The lowest BCUT2D eigenvalue weighted by Gasteiger charge is -2.26. The van der Waals surface area contributed by atoms with Crippen molar-refractivity contribution < 1.29 is 0 Å². The van der Waals surface area contributed by atoms with Crippen molar-refractivity contribution in [3.63, 3.8) is 0 Å². The van der Waals surface area contributed by atoms with E-state index in [0.29, 0.717) is 0 Å². The molecule has 0 aliphatic carbocycles. The second-order valence-electron chi connectivity index (χ2n) is 4.64. The van der Waals surface area contributed by atoms with Gasteiger partial charge in [-0.25, -0.2) is 0 Å². The van der Waals surface area contributed by atoms with Crippen molar-refractivity contribution in [3.05, 3.63) is 57.3 Å². The zero-order valence-electron chi connectivity index (χ0n) is 10.7. The minimum atomic E-state index is -0.393. The summed E-state index contributed by atoms with van der Waals surface area (Å²) < 4.78 is 0. The molecule has 0 bridgehead atoms. The van der Waals surface area contributed by atoms with Crippen molar-refractivity contribution in [3.8, 4) is 0 Å². The quantitative estimate of drug-likeness (QED) is 0.873. The van der Waals surface area contributed by atoms with Crippen LogP contribution in [-0.4, -0.2) is 0 Å². The van der Waals surface area contributed by atoms with Gasteiger partial charge in [-0.3, -0.25) is 0 Å². The van der Waals surface area contributed by atoms with Crippen molar-refractivity contribution in [1.82, 2.24) is 0 Å². The summed E-state index contributed by atoms with van der Waals surface area (Å²) in [6, 6.07) is 10.8. The van der Waals surface area contributed by atoms with Crippen molar-refractivity contribution in [2.45, 2.75) is 32.7 Å². The maximum absolute atomic E-state index is 6.50. The summed E-state index contributed by atoms with van der Waals surface area (Å²) in [6.45, 7) is 6.38. The average Bonchev–Trinajstić information content (AvgIpc) is 2.76. The minimum absolute atomic E-state index is 0.393. The van der Waals surface area contributed by atoms with E-state index in [4.69, 9.17) is 5.73 Å². The first-order valence-corrected chi connectivity index (χ1v) is 6.86. The molecule has 0 aliphatic heterocycles. The molecule has 1 aromatic carbocycles. The molecule has 0 fully saturated rings. The molecule has 0 saturated carbocycles. The van der Waals surface area contributed by atoms with E-state index < -0.39 is 5.54 Å². The van der Waals surface area contributed by atoms with Gasteiger partial charge < -0.3 is 5.73 Å². The van der Waals surface area contributed by atoms with Crippen LogP contribution >= 0.6 is 11.3 Å². The predicted octanol–water partition coefficient (Wildman–Crippen LogP) is 3.84. The molecule has 1 atom stereocenters. The van der Waals surface area contributed by atoms with Crippen LogP contribution in [0, 0.1) is 6.92 Å². The molecule has 0 spiro atoms. The summed E-state index contributed by atoms with van der Waals surface area (Å²) in [6.07, 6.45) is 1.07. The molecule has 1 nitrogen and oxygen atoms in total. The number of rotatable bonds is 3. The summed E-state index contributed by atoms with van der Waals surface area (Å²) >= 11 is 1.75. The molecule has 0 amide bonds. The highest BCUT2D eigenvalue weighted by Gasteiger charge is 2.25. The second kappa shape index (κ2) is 4.63. The van der Waals surface area contributed by atoms with Crippen molar-refractivity contribution in [2.24, 2.45) is 5.73 Å². The van der Waals surface area contributed by atoms with Crippen molar-refractivity contribution in [1.29, 1.82) is 0 Å². The van der Waals surface area contributed by atoms with Gasteiger partial charge in [0.15, 0.2) is 0 Å². The van der Waals surface area contributed by atoms with Crippen molar-refractivity contribution in [2.75, 3.05) is 0 Å². The monoisotopic (exact) mass is 245 g/mol. The fourth-order valence-corrected chi connectivity index (χ4v) is 2.98. The van der Waals surface area contributed by atoms with E-state index in [9.17, 15) is 0 Å². The molecule has 90 valence electrons. The Bertz CT molecular complexity index is 494. The van der Waals surface area contributed by atoms with Gasteiger partial charge in [0, 0.05) is 4.88 Å². The molecule has 0 radical (unpaired) electrons. The van der Waals surface area contributed by atoms with Crippen LogP contribution in [0.15, 0.2) is 35.7 Å². The third-order valence-electron chi connectivity index (χ3n) is 3.38. The van der Waals surface area contributed by atoms with Crippen LogP contribution in [0.3, 0.4) is 0 Å². The zero-order valence-corrected chi connectivity index (χ0v) is 11.5. The summed E-state index contributed by atoms with van der Waals surface area (Å²) in [4.78, 5) is 1.30. The highest BCUT2D eigenvalue weighted by atomic mass is 32.1. The number of nitrogens with two attached hydrogens (primary N) is 1. The van der Waals surface area contributed by atoms with Gasteiger partial charge in [-0.05, 0) is 48.4 Å². The van der Waals surface area contributed by atoms with E-state index in [0.717, 1.165) is 6.42 Å². The normalized spacial score (nSPS) is 14.6. The van der Waals surface area contributed by atoms with E-state index in [1.807, 2.05) is 0 Å². The maximum atomic E-state index is 6.50. The smallest absolute Gasteiger partial charge is 0.0647 e. The summed E-state index contributed by atoms with van der Waals surface area (Å²) in [5, 5.41) is 2.11. The highest BCUT2D eigenvalue weighted by Crippen LogP contribution is 2.31. The molecular formula is C15H19NS. The molecule has 2 heteroatoms. The van der Waals surface area contributed by atoms with Crippen LogP contribution in [0.1, 0.15) is 35.4 Å². The van der Waals surface area contributed by atoms with Crippen LogP contribution in [0.25, 0.3) is 0 Å². The molecule has 17 heavy (non-hydrogen) atoms. The molecule has 0 aliphatic rings. The molecule has 1 unspecified atom stereocenters.